The van der Waals surface area contributed by atoms with Crippen molar-refractivity contribution in [2.45, 2.75) is 12.7 Å². The molecule has 1 aromatic carbocycles. The zero-order valence-electron chi connectivity index (χ0n) is 11.8. The number of nitrogens with zero attached hydrogens (tertiary/aromatic N) is 1. The third-order valence-electron chi connectivity index (χ3n) is 2.86. The zero-order valence-corrected chi connectivity index (χ0v) is 12.7. The lowest BCUT2D eigenvalue weighted by Crippen LogP contribution is -2.40. The average molecular weight is 347 g/mol. The Hall–Kier alpha value is -2.09. The maximum atomic E-state index is 13.4. The molecule has 0 fully saturated rings. The Balaban J connectivity index is 2.02. The van der Waals surface area contributed by atoms with E-state index in [2.05, 4.69) is 0 Å². The van der Waals surface area contributed by atoms with Crippen LogP contribution in [0.25, 0.3) is 0 Å². The Morgan fingerprint density at radius 3 is 2.57 bits per heavy atom. The van der Waals surface area contributed by atoms with Gasteiger partial charge in [0.2, 0.25) is 0 Å². The number of thiophene rings is 1. The summed E-state index contributed by atoms with van der Waals surface area (Å²) < 4.78 is 56.3. The minimum absolute atomic E-state index is 0.177. The van der Waals surface area contributed by atoms with Crippen LogP contribution in [0.1, 0.15) is 5.56 Å². The lowest BCUT2D eigenvalue weighted by Gasteiger charge is -2.23. The van der Waals surface area contributed by atoms with Gasteiger partial charge in [0.1, 0.15) is 6.54 Å². The van der Waals surface area contributed by atoms with Gasteiger partial charge in [-0.3, -0.25) is 4.79 Å². The molecule has 0 atom stereocenters. The van der Waals surface area contributed by atoms with Crippen LogP contribution in [-0.4, -0.2) is 30.1 Å². The first-order valence-electron chi connectivity index (χ1n) is 6.58. The van der Waals surface area contributed by atoms with E-state index in [0.29, 0.717) is 10.5 Å². The predicted molar refractivity (Wildman–Crippen MR) is 77.7 cm³/mol. The molecule has 0 N–H and O–H groups in total. The summed E-state index contributed by atoms with van der Waals surface area (Å²) in [5.74, 6) is -1.72. The lowest BCUT2D eigenvalue weighted by atomic mass is 10.3. The van der Waals surface area contributed by atoms with E-state index in [-0.39, 0.29) is 12.3 Å². The van der Waals surface area contributed by atoms with Crippen molar-refractivity contribution in [1.82, 2.24) is 4.90 Å². The number of hydrogen-bond donors (Lipinski definition) is 0. The number of carbonyl (C=O) groups is 1. The van der Waals surface area contributed by atoms with Crippen molar-refractivity contribution in [2.24, 2.45) is 0 Å². The molecule has 1 amide bonds. The monoisotopic (exact) mass is 347 g/mol. The second kappa shape index (κ2) is 7.45. The van der Waals surface area contributed by atoms with E-state index in [1.54, 1.807) is 16.8 Å². The van der Waals surface area contributed by atoms with Gasteiger partial charge in [-0.1, -0.05) is 12.1 Å². The molecule has 0 spiro atoms. The Kier molecular flexibility index (Phi) is 5.59. The summed E-state index contributed by atoms with van der Waals surface area (Å²) in [5.41, 5.74) is 0.596. The van der Waals surface area contributed by atoms with Crippen LogP contribution in [0, 0.1) is 5.82 Å². The lowest BCUT2D eigenvalue weighted by molar-refractivity contribution is -0.163. The molecule has 1 aromatic heterocycles. The molecule has 1 heterocycles. The van der Waals surface area contributed by atoms with E-state index in [0.717, 1.165) is 6.07 Å². The highest BCUT2D eigenvalue weighted by Crippen LogP contribution is 2.20. The summed E-state index contributed by atoms with van der Waals surface area (Å²) in [6.07, 6.45) is -4.52. The summed E-state index contributed by atoms with van der Waals surface area (Å²) in [6.45, 7) is -2.23. The van der Waals surface area contributed by atoms with Crippen LogP contribution >= 0.6 is 11.3 Å². The van der Waals surface area contributed by atoms with E-state index in [9.17, 15) is 22.4 Å². The highest BCUT2D eigenvalue weighted by atomic mass is 32.1. The molecular formula is C15H13F4NO2S. The van der Waals surface area contributed by atoms with Gasteiger partial charge in [0.25, 0.3) is 5.91 Å². The highest BCUT2D eigenvalue weighted by molar-refractivity contribution is 7.07. The Labute approximate surface area is 134 Å². The van der Waals surface area contributed by atoms with E-state index < -0.39 is 31.1 Å². The van der Waals surface area contributed by atoms with Gasteiger partial charge in [0.05, 0.1) is 0 Å². The van der Waals surface area contributed by atoms with Gasteiger partial charge in [-0.05, 0) is 34.5 Å². The van der Waals surface area contributed by atoms with Crippen LogP contribution < -0.4 is 4.74 Å². The third-order valence-corrected chi connectivity index (χ3v) is 3.60. The molecule has 2 rings (SSSR count). The number of amides is 1. The normalized spacial score (nSPS) is 11.3. The first-order chi connectivity index (χ1) is 10.8. The smallest absolute Gasteiger partial charge is 0.406 e. The Bertz CT molecular complexity index is 643. The van der Waals surface area contributed by atoms with E-state index in [4.69, 9.17) is 4.74 Å². The average Bonchev–Trinajstić information content (AvgIpc) is 2.97. The van der Waals surface area contributed by atoms with Gasteiger partial charge in [-0.25, -0.2) is 4.39 Å². The molecule has 0 aliphatic rings. The first kappa shape index (κ1) is 17.3. The van der Waals surface area contributed by atoms with Crippen LogP contribution in [0.2, 0.25) is 0 Å². The summed E-state index contributed by atoms with van der Waals surface area (Å²) in [4.78, 5) is 12.7. The minimum atomic E-state index is -4.52. The molecule has 8 heteroatoms. The predicted octanol–water partition coefficient (Wildman–Crippen LogP) is 3.86. The SMILES string of the molecule is O=C(COc1ccccc1F)N(Cc1ccsc1)CC(F)(F)F. The van der Waals surface area contributed by atoms with Crippen LogP contribution in [0.15, 0.2) is 41.1 Å². The van der Waals surface area contributed by atoms with Crippen molar-refractivity contribution < 1.29 is 27.1 Å². The summed E-state index contributed by atoms with van der Waals surface area (Å²) in [7, 11) is 0. The molecular weight excluding hydrogens is 334 g/mol. The Morgan fingerprint density at radius 1 is 1.22 bits per heavy atom. The van der Waals surface area contributed by atoms with Gasteiger partial charge in [0, 0.05) is 6.54 Å². The summed E-state index contributed by atoms with van der Waals surface area (Å²) >= 11 is 1.32. The Morgan fingerprint density at radius 2 is 1.96 bits per heavy atom. The van der Waals surface area contributed by atoms with Crippen molar-refractivity contribution >= 4 is 17.2 Å². The number of benzene rings is 1. The molecule has 23 heavy (non-hydrogen) atoms. The van der Waals surface area contributed by atoms with Gasteiger partial charge in [0.15, 0.2) is 18.2 Å². The highest BCUT2D eigenvalue weighted by Gasteiger charge is 2.33. The molecule has 0 bridgehead atoms. The molecule has 0 saturated heterocycles. The van der Waals surface area contributed by atoms with Crippen molar-refractivity contribution in [2.75, 3.05) is 13.2 Å². The second-order valence-corrected chi connectivity index (χ2v) is 5.50. The molecule has 0 aliphatic heterocycles. The van der Waals surface area contributed by atoms with Crippen molar-refractivity contribution in [3.8, 4) is 5.75 Å². The number of para-hydroxylation sites is 1. The van der Waals surface area contributed by atoms with Gasteiger partial charge in [-0.15, -0.1) is 0 Å². The van der Waals surface area contributed by atoms with Crippen molar-refractivity contribution in [1.29, 1.82) is 0 Å². The number of carbonyl (C=O) groups excluding carboxylic acids is 1. The fraction of sp³-hybridized carbons (Fsp3) is 0.267. The molecule has 124 valence electrons. The van der Waals surface area contributed by atoms with Gasteiger partial charge < -0.3 is 9.64 Å². The molecule has 0 radical (unpaired) electrons. The second-order valence-electron chi connectivity index (χ2n) is 4.72. The van der Waals surface area contributed by atoms with Gasteiger partial charge >= 0.3 is 6.18 Å². The van der Waals surface area contributed by atoms with Crippen molar-refractivity contribution in [3.63, 3.8) is 0 Å². The minimum Gasteiger partial charge on any atom is -0.481 e. The summed E-state index contributed by atoms with van der Waals surface area (Å²) in [6, 6.07) is 7.02. The fourth-order valence-electron chi connectivity index (χ4n) is 1.84. The molecule has 3 nitrogen and oxygen atoms in total. The topological polar surface area (TPSA) is 29.5 Å². The van der Waals surface area contributed by atoms with E-state index >= 15 is 0 Å². The first-order valence-corrected chi connectivity index (χ1v) is 7.52. The summed E-state index contributed by atoms with van der Waals surface area (Å²) in [5, 5.41) is 3.37. The number of alkyl halides is 3. The molecule has 0 saturated carbocycles. The number of ether oxygens (including phenoxy) is 1. The molecule has 0 aliphatic carbocycles. The number of halogens is 4. The van der Waals surface area contributed by atoms with Crippen LogP contribution in [0.4, 0.5) is 17.6 Å². The van der Waals surface area contributed by atoms with Crippen molar-refractivity contribution in [3.05, 3.63) is 52.5 Å². The quantitative estimate of drug-likeness (QED) is 0.743. The van der Waals surface area contributed by atoms with Gasteiger partial charge in [-0.2, -0.15) is 24.5 Å². The zero-order chi connectivity index (χ0) is 16.9. The maximum Gasteiger partial charge on any atom is 0.406 e. The number of hydrogen-bond acceptors (Lipinski definition) is 3. The van der Waals surface area contributed by atoms with E-state index in [1.807, 2.05) is 0 Å². The number of rotatable bonds is 6. The molecule has 2 aromatic rings. The van der Waals surface area contributed by atoms with Crippen LogP contribution in [-0.2, 0) is 11.3 Å². The van der Waals surface area contributed by atoms with Crippen LogP contribution in [0.5, 0.6) is 5.75 Å². The standard InChI is InChI=1S/C15H13F4NO2S/c16-12-3-1-2-4-13(12)22-8-14(21)20(10-15(17,18)19)7-11-5-6-23-9-11/h1-6,9H,7-8,10H2. The van der Waals surface area contributed by atoms with Crippen LogP contribution in [0.3, 0.4) is 0 Å². The molecule has 0 unspecified atom stereocenters. The largest absolute Gasteiger partial charge is 0.481 e. The third kappa shape index (κ3) is 5.55. The maximum absolute atomic E-state index is 13.4. The van der Waals surface area contributed by atoms with E-state index in [1.165, 1.54) is 29.5 Å². The fourth-order valence-corrected chi connectivity index (χ4v) is 2.50.